The zero-order valence-corrected chi connectivity index (χ0v) is 11.7. The Kier molecular flexibility index (Phi) is 6.21. The van der Waals surface area contributed by atoms with Crippen LogP contribution in [0.15, 0.2) is 18.2 Å². The third-order valence-corrected chi connectivity index (χ3v) is 2.34. The third-order valence-electron chi connectivity index (χ3n) is 2.34. The van der Waals surface area contributed by atoms with E-state index in [2.05, 4.69) is 5.32 Å². The van der Waals surface area contributed by atoms with E-state index < -0.39 is 5.60 Å². The van der Waals surface area contributed by atoms with Gasteiger partial charge >= 0.3 is 0 Å². The zero-order chi connectivity index (χ0) is 14.3. The smallest absolute Gasteiger partial charge is 0.127 e. The lowest BCUT2D eigenvalue weighted by Crippen LogP contribution is -2.28. The molecule has 108 valence electrons. The molecule has 1 aromatic carbocycles. The standard InChI is InChI=1S/C14H22FNO3/c1-14(2,17)10-19-13-7-11(6-12(15)8-13)9-16-4-5-18-3/h6-8,16-17H,4-5,9-10H2,1-3H3. The topological polar surface area (TPSA) is 50.7 Å². The Bertz CT molecular complexity index is 391. The fourth-order valence-corrected chi connectivity index (χ4v) is 1.47. The number of hydrogen-bond donors (Lipinski definition) is 2. The van der Waals surface area contributed by atoms with Crippen molar-refractivity contribution in [3.8, 4) is 5.75 Å². The van der Waals surface area contributed by atoms with Crippen LogP contribution < -0.4 is 10.1 Å². The van der Waals surface area contributed by atoms with Gasteiger partial charge in [-0.1, -0.05) is 0 Å². The van der Waals surface area contributed by atoms with Crippen LogP contribution in [0, 0.1) is 5.82 Å². The second kappa shape index (κ2) is 7.43. The van der Waals surface area contributed by atoms with Gasteiger partial charge in [0.2, 0.25) is 0 Å². The van der Waals surface area contributed by atoms with Gasteiger partial charge in [0.05, 0.1) is 12.2 Å². The highest BCUT2D eigenvalue weighted by atomic mass is 19.1. The summed E-state index contributed by atoms with van der Waals surface area (Å²) in [6, 6.07) is 4.52. The van der Waals surface area contributed by atoms with Crippen molar-refractivity contribution < 1.29 is 19.0 Å². The third kappa shape index (κ3) is 7.10. The van der Waals surface area contributed by atoms with Crippen molar-refractivity contribution >= 4 is 0 Å². The Morgan fingerprint density at radius 3 is 2.68 bits per heavy atom. The Morgan fingerprint density at radius 1 is 1.32 bits per heavy atom. The molecule has 0 bridgehead atoms. The van der Waals surface area contributed by atoms with E-state index in [1.54, 1.807) is 27.0 Å². The second-order valence-electron chi connectivity index (χ2n) is 5.07. The first-order valence-electron chi connectivity index (χ1n) is 6.25. The first kappa shape index (κ1) is 15.9. The van der Waals surface area contributed by atoms with Gasteiger partial charge in [-0.05, 0) is 31.5 Å². The van der Waals surface area contributed by atoms with Crippen molar-refractivity contribution in [1.29, 1.82) is 0 Å². The summed E-state index contributed by atoms with van der Waals surface area (Å²) in [7, 11) is 1.63. The van der Waals surface area contributed by atoms with Crippen LogP contribution in [-0.4, -0.2) is 37.6 Å². The first-order chi connectivity index (χ1) is 8.90. The molecule has 0 amide bonds. The van der Waals surface area contributed by atoms with Gasteiger partial charge in [-0.15, -0.1) is 0 Å². The molecule has 0 aliphatic heterocycles. The molecule has 0 atom stereocenters. The molecule has 19 heavy (non-hydrogen) atoms. The number of rotatable bonds is 8. The minimum atomic E-state index is -0.941. The summed E-state index contributed by atoms with van der Waals surface area (Å²) >= 11 is 0. The van der Waals surface area contributed by atoms with Gasteiger partial charge in [0.1, 0.15) is 18.2 Å². The molecule has 0 saturated heterocycles. The van der Waals surface area contributed by atoms with Crippen molar-refractivity contribution in [2.75, 3.05) is 26.9 Å². The van der Waals surface area contributed by atoms with Crippen LogP contribution in [0.3, 0.4) is 0 Å². The number of hydrogen-bond acceptors (Lipinski definition) is 4. The van der Waals surface area contributed by atoms with E-state index in [1.807, 2.05) is 0 Å². The van der Waals surface area contributed by atoms with Crippen LogP contribution in [-0.2, 0) is 11.3 Å². The van der Waals surface area contributed by atoms with Crippen molar-refractivity contribution in [2.24, 2.45) is 0 Å². The molecule has 0 unspecified atom stereocenters. The molecule has 0 fully saturated rings. The van der Waals surface area contributed by atoms with Crippen LogP contribution in [0.1, 0.15) is 19.4 Å². The molecule has 1 rings (SSSR count). The summed E-state index contributed by atoms with van der Waals surface area (Å²) in [6.07, 6.45) is 0. The van der Waals surface area contributed by atoms with Crippen LogP contribution in [0.2, 0.25) is 0 Å². The number of nitrogens with one attached hydrogen (secondary N) is 1. The van der Waals surface area contributed by atoms with E-state index in [4.69, 9.17) is 9.47 Å². The van der Waals surface area contributed by atoms with Gasteiger partial charge in [0.15, 0.2) is 0 Å². The van der Waals surface area contributed by atoms with E-state index in [0.29, 0.717) is 25.4 Å². The summed E-state index contributed by atoms with van der Waals surface area (Å²) < 4.78 is 23.7. The molecular formula is C14H22FNO3. The van der Waals surface area contributed by atoms with Gasteiger partial charge in [-0.2, -0.15) is 0 Å². The molecular weight excluding hydrogens is 249 g/mol. The summed E-state index contributed by atoms with van der Waals surface area (Å²) in [5.74, 6) is 0.0717. The predicted molar refractivity (Wildman–Crippen MR) is 71.8 cm³/mol. The first-order valence-corrected chi connectivity index (χ1v) is 6.25. The normalized spacial score (nSPS) is 11.6. The quantitative estimate of drug-likeness (QED) is 0.707. The summed E-state index contributed by atoms with van der Waals surface area (Å²) in [5.41, 5.74) is -0.148. The molecule has 0 heterocycles. The molecule has 0 aliphatic carbocycles. The zero-order valence-electron chi connectivity index (χ0n) is 11.7. The van der Waals surface area contributed by atoms with Crippen LogP contribution in [0.4, 0.5) is 4.39 Å². The van der Waals surface area contributed by atoms with E-state index >= 15 is 0 Å². The van der Waals surface area contributed by atoms with Gasteiger partial charge in [-0.3, -0.25) is 0 Å². The van der Waals surface area contributed by atoms with Gasteiger partial charge < -0.3 is 19.9 Å². The van der Waals surface area contributed by atoms with Gasteiger partial charge in [-0.25, -0.2) is 4.39 Å². The van der Waals surface area contributed by atoms with Crippen molar-refractivity contribution in [1.82, 2.24) is 5.32 Å². The SMILES string of the molecule is COCCNCc1cc(F)cc(OCC(C)(C)O)c1. The molecule has 0 spiro atoms. The molecule has 0 radical (unpaired) electrons. The number of halogens is 1. The highest BCUT2D eigenvalue weighted by Gasteiger charge is 2.13. The lowest BCUT2D eigenvalue weighted by atomic mass is 10.1. The second-order valence-corrected chi connectivity index (χ2v) is 5.07. The van der Waals surface area contributed by atoms with Crippen LogP contribution >= 0.6 is 0 Å². The summed E-state index contributed by atoms with van der Waals surface area (Å²) in [4.78, 5) is 0. The average Bonchev–Trinajstić information content (AvgIpc) is 2.31. The molecule has 5 heteroatoms. The largest absolute Gasteiger partial charge is 0.491 e. The monoisotopic (exact) mass is 271 g/mol. The summed E-state index contributed by atoms with van der Waals surface area (Å²) in [5, 5.41) is 12.7. The molecule has 1 aromatic rings. The van der Waals surface area contributed by atoms with E-state index in [-0.39, 0.29) is 12.4 Å². The lowest BCUT2D eigenvalue weighted by molar-refractivity contribution is 0.0283. The van der Waals surface area contributed by atoms with E-state index in [9.17, 15) is 9.50 Å². The molecule has 0 saturated carbocycles. The maximum absolute atomic E-state index is 13.4. The van der Waals surface area contributed by atoms with Crippen molar-refractivity contribution in [3.05, 3.63) is 29.6 Å². The molecule has 4 nitrogen and oxygen atoms in total. The van der Waals surface area contributed by atoms with Gasteiger partial charge in [0, 0.05) is 26.3 Å². The summed E-state index contributed by atoms with van der Waals surface area (Å²) in [6.45, 7) is 5.25. The van der Waals surface area contributed by atoms with Crippen molar-refractivity contribution in [2.45, 2.75) is 26.0 Å². The van der Waals surface area contributed by atoms with E-state index in [1.165, 1.54) is 12.1 Å². The minimum Gasteiger partial charge on any atom is -0.491 e. The minimum absolute atomic E-state index is 0.118. The average molecular weight is 271 g/mol. The van der Waals surface area contributed by atoms with E-state index in [0.717, 1.165) is 5.56 Å². The predicted octanol–water partition coefficient (Wildman–Crippen LogP) is 1.71. The number of methoxy groups -OCH3 is 1. The van der Waals surface area contributed by atoms with Crippen LogP contribution in [0.5, 0.6) is 5.75 Å². The highest BCUT2D eigenvalue weighted by Crippen LogP contribution is 2.18. The van der Waals surface area contributed by atoms with Crippen molar-refractivity contribution in [3.63, 3.8) is 0 Å². The molecule has 2 N–H and O–H groups in total. The Labute approximate surface area is 113 Å². The van der Waals surface area contributed by atoms with Gasteiger partial charge in [0.25, 0.3) is 0 Å². The fourth-order valence-electron chi connectivity index (χ4n) is 1.47. The van der Waals surface area contributed by atoms with Crippen LogP contribution in [0.25, 0.3) is 0 Å². The highest BCUT2D eigenvalue weighted by molar-refractivity contribution is 5.29. The molecule has 0 aliphatic rings. The Balaban J connectivity index is 2.56. The number of benzene rings is 1. The number of aliphatic hydroxyl groups is 1. The Morgan fingerprint density at radius 2 is 2.05 bits per heavy atom. The molecule has 0 aromatic heterocycles. The Hall–Kier alpha value is -1.17. The maximum atomic E-state index is 13.4. The fraction of sp³-hybridized carbons (Fsp3) is 0.571. The maximum Gasteiger partial charge on any atom is 0.127 e. The number of ether oxygens (including phenoxy) is 2. The lowest BCUT2D eigenvalue weighted by Gasteiger charge is -2.18.